The van der Waals surface area contributed by atoms with E-state index < -0.39 is 0 Å². The zero-order chi connectivity index (χ0) is 20.8. The number of carbonyl (C=O) groups is 1. The minimum atomic E-state index is -0.0450. The van der Waals surface area contributed by atoms with Gasteiger partial charge in [-0.25, -0.2) is 4.98 Å². The molecule has 3 aromatic rings. The molecule has 0 radical (unpaired) electrons. The van der Waals surface area contributed by atoms with Crippen molar-refractivity contribution in [1.82, 2.24) is 9.55 Å². The number of hydrogen-bond acceptors (Lipinski definition) is 4. The van der Waals surface area contributed by atoms with Gasteiger partial charge in [-0.05, 0) is 80.6 Å². The fourth-order valence-corrected chi connectivity index (χ4v) is 3.66. The monoisotopic (exact) mass is 402 g/mol. The van der Waals surface area contributed by atoms with Crippen molar-refractivity contribution in [2.24, 2.45) is 0 Å². The van der Waals surface area contributed by atoms with Crippen LogP contribution < -0.4 is 9.47 Å². The number of benzene rings is 2. The predicted octanol–water partition coefficient (Wildman–Crippen LogP) is 5.49. The molecule has 0 atom stereocenters. The summed E-state index contributed by atoms with van der Waals surface area (Å²) in [6.07, 6.45) is 13.6. The van der Waals surface area contributed by atoms with Crippen molar-refractivity contribution >= 4 is 11.9 Å². The molecule has 1 aliphatic rings. The van der Waals surface area contributed by atoms with Crippen LogP contribution in [0.1, 0.15) is 48.5 Å². The molecule has 30 heavy (non-hydrogen) atoms. The van der Waals surface area contributed by atoms with Crippen molar-refractivity contribution in [1.29, 1.82) is 0 Å². The average molecular weight is 402 g/mol. The second-order valence-electron chi connectivity index (χ2n) is 7.38. The number of aromatic nitrogens is 2. The Morgan fingerprint density at radius 2 is 1.93 bits per heavy atom. The molecule has 4 rings (SSSR count). The Balaban J connectivity index is 1.45. The number of hydrogen-bond donors (Lipinski definition) is 0. The molecule has 1 heterocycles. The van der Waals surface area contributed by atoms with Gasteiger partial charge in [0.15, 0.2) is 17.3 Å². The molecule has 0 saturated heterocycles. The number of ketones is 1. The maximum Gasteiger partial charge on any atom is 0.185 e. The largest absolute Gasteiger partial charge is 0.490 e. The van der Waals surface area contributed by atoms with Crippen LogP contribution in [-0.2, 0) is 0 Å². The van der Waals surface area contributed by atoms with Crippen LogP contribution in [0.2, 0.25) is 0 Å². The molecule has 0 aliphatic heterocycles. The van der Waals surface area contributed by atoms with Crippen LogP contribution >= 0.6 is 0 Å². The molecule has 1 fully saturated rings. The summed E-state index contributed by atoms with van der Waals surface area (Å²) in [5, 5.41) is 0. The van der Waals surface area contributed by atoms with Gasteiger partial charge in [0.1, 0.15) is 0 Å². The highest BCUT2D eigenvalue weighted by Crippen LogP contribution is 2.33. The van der Waals surface area contributed by atoms with Gasteiger partial charge in [-0.3, -0.25) is 4.79 Å². The first-order valence-electron chi connectivity index (χ1n) is 10.5. The van der Waals surface area contributed by atoms with Gasteiger partial charge in [0.05, 0.1) is 19.0 Å². The van der Waals surface area contributed by atoms with E-state index in [1.165, 1.54) is 12.8 Å². The lowest BCUT2D eigenvalue weighted by molar-refractivity contribution is 0.104. The van der Waals surface area contributed by atoms with Crippen LogP contribution in [0.25, 0.3) is 11.8 Å². The van der Waals surface area contributed by atoms with Gasteiger partial charge < -0.3 is 14.0 Å². The van der Waals surface area contributed by atoms with Gasteiger partial charge in [0, 0.05) is 23.6 Å². The van der Waals surface area contributed by atoms with E-state index >= 15 is 0 Å². The van der Waals surface area contributed by atoms with Crippen molar-refractivity contribution in [2.75, 3.05) is 6.61 Å². The molecule has 5 nitrogen and oxygen atoms in total. The number of ether oxygens (including phenoxy) is 2. The second-order valence-corrected chi connectivity index (χ2v) is 7.38. The third-order valence-electron chi connectivity index (χ3n) is 5.24. The van der Waals surface area contributed by atoms with Gasteiger partial charge in [-0.2, -0.15) is 0 Å². The Labute approximate surface area is 177 Å². The number of rotatable bonds is 8. The van der Waals surface area contributed by atoms with E-state index in [0.29, 0.717) is 12.2 Å². The minimum absolute atomic E-state index is 0.0450. The molecule has 5 heteroatoms. The first kappa shape index (κ1) is 20.0. The fraction of sp³-hybridized carbons (Fsp3) is 0.280. The molecule has 1 aliphatic carbocycles. The molecule has 154 valence electrons. The van der Waals surface area contributed by atoms with Crippen LogP contribution in [0.4, 0.5) is 0 Å². The summed E-state index contributed by atoms with van der Waals surface area (Å²) < 4.78 is 13.8. The lowest BCUT2D eigenvalue weighted by Crippen LogP contribution is -2.11. The van der Waals surface area contributed by atoms with Crippen molar-refractivity contribution < 1.29 is 14.3 Å². The lowest BCUT2D eigenvalue weighted by Gasteiger charge is -2.17. The summed E-state index contributed by atoms with van der Waals surface area (Å²) in [6.45, 7) is 2.52. The SMILES string of the molecule is CCOc1cc(/C=C/C(=O)c2ccc(-n3ccnc3)cc2)ccc1OC1CCCC1. The number of carbonyl (C=O) groups excluding carboxylic acids is 1. The van der Waals surface area contributed by atoms with E-state index in [1.54, 1.807) is 18.6 Å². The van der Waals surface area contributed by atoms with E-state index in [-0.39, 0.29) is 11.9 Å². The highest BCUT2D eigenvalue weighted by atomic mass is 16.5. The summed E-state index contributed by atoms with van der Waals surface area (Å²) in [4.78, 5) is 16.6. The number of nitrogens with zero attached hydrogens (tertiary/aromatic N) is 2. The second kappa shape index (κ2) is 9.44. The standard InChI is InChI=1S/C25H26N2O3/c1-2-29-25-17-19(8-14-24(25)30-22-5-3-4-6-22)7-13-23(28)20-9-11-21(12-10-20)27-16-15-26-18-27/h7-18,22H,2-6H2,1H3/b13-7+. The Morgan fingerprint density at radius 3 is 2.63 bits per heavy atom. The van der Waals surface area contributed by atoms with Gasteiger partial charge in [0.2, 0.25) is 0 Å². The van der Waals surface area contributed by atoms with Crippen molar-refractivity contribution in [2.45, 2.75) is 38.7 Å². The Morgan fingerprint density at radius 1 is 1.13 bits per heavy atom. The number of allylic oxidation sites excluding steroid dienone is 1. The molecule has 0 unspecified atom stereocenters. The van der Waals surface area contributed by atoms with Gasteiger partial charge in [-0.1, -0.05) is 12.1 Å². The first-order valence-corrected chi connectivity index (χ1v) is 10.5. The molecule has 1 saturated carbocycles. The summed E-state index contributed by atoms with van der Waals surface area (Å²) in [6, 6.07) is 13.3. The molecular weight excluding hydrogens is 376 g/mol. The molecule has 1 aromatic heterocycles. The molecule has 0 spiro atoms. The molecule has 0 bridgehead atoms. The quantitative estimate of drug-likeness (QED) is 0.369. The Hall–Kier alpha value is -3.34. The van der Waals surface area contributed by atoms with Gasteiger partial charge in [0.25, 0.3) is 0 Å². The third kappa shape index (κ3) is 4.79. The van der Waals surface area contributed by atoms with Crippen LogP contribution in [-0.4, -0.2) is 28.0 Å². The van der Waals surface area contributed by atoms with E-state index in [4.69, 9.17) is 9.47 Å². The zero-order valence-corrected chi connectivity index (χ0v) is 17.2. The van der Waals surface area contributed by atoms with Crippen LogP contribution in [0.3, 0.4) is 0 Å². The van der Waals surface area contributed by atoms with Crippen LogP contribution in [0, 0.1) is 0 Å². The Bertz CT molecular complexity index is 1000. The average Bonchev–Trinajstić information content (AvgIpc) is 3.48. The normalized spacial score (nSPS) is 14.3. The van der Waals surface area contributed by atoms with E-state index in [2.05, 4.69) is 4.98 Å². The highest BCUT2D eigenvalue weighted by Gasteiger charge is 2.18. The summed E-state index contributed by atoms with van der Waals surface area (Å²) in [5.41, 5.74) is 2.51. The summed E-state index contributed by atoms with van der Waals surface area (Å²) >= 11 is 0. The molecular formula is C25H26N2O3. The minimum Gasteiger partial charge on any atom is -0.490 e. The highest BCUT2D eigenvalue weighted by molar-refractivity contribution is 6.06. The molecule has 2 aromatic carbocycles. The smallest absolute Gasteiger partial charge is 0.185 e. The maximum atomic E-state index is 12.6. The molecule has 0 N–H and O–H groups in total. The van der Waals surface area contributed by atoms with Crippen LogP contribution in [0.5, 0.6) is 11.5 Å². The van der Waals surface area contributed by atoms with Crippen molar-refractivity contribution in [3.05, 3.63) is 78.4 Å². The topological polar surface area (TPSA) is 53.4 Å². The zero-order valence-electron chi connectivity index (χ0n) is 17.2. The van der Waals surface area contributed by atoms with Gasteiger partial charge in [-0.15, -0.1) is 0 Å². The van der Waals surface area contributed by atoms with Crippen molar-refractivity contribution in [3.8, 4) is 17.2 Å². The Kier molecular flexibility index (Phi) is 6.28. The van der Waals surface area contributed by atoms with E-state index in [0.717, 1.165) is 35.6 Å². The van der Waals surface area contributed by atoms with Gasteiger partial charge >= 0.3 is 0 Å². The maximum absolute atomic E-state index is 12.6. The van der Waals surface area contributed by atoms with Crippen LogP contribution in [0.15, 0.2) is 67.3 Å². The van der Waals surface area contributed by atoms with E-state index in [1.807, 2.05) is 66.2 Å². The fourth-order valence-electron chi connectivity index (χ4n) is 3.66. The lowest BCUT2D eigenvalue weighted by atomic mass is 10.1. The summed E-state index contributed by atoms with van der Waals surface area (Å²) in [7, 11) is 0. The first-order chi connectivity index (χ1) is 14.7. The number of imidazole rings is 1. The predicted molar refractivity (Wildman–Crippen MR) is 117 cm³/mol. The van der Waals surface area contributed by atoms with Crippen molar-refractivity contribution in [3.63, 3.8) is 0 Å². The summed E-state index contributed by atoms with van der Waals surface area (Å²) in [5.74, 6) is 1.46. The molecule has 0 amide bonds. The third-order valence-corrected chi connectivity index (χ3v) is 5.24. The van der Waals surface area contributed by atoms with E-state index in [9.17, 15) is 4.79 Å².